The predicted octanol–water partition coefficient (Wildman–Crippen LogP) is 2.43. The van der Waals surface area contributed by atoms with E-state index in [-0.39, 0.29) is 0 Å². The molecule has 21 heavy (non-hydrogen) atoms. The van der Waals surface area contributed by atoms with Crippen molar-refractivity contribution in [2.75, 3.05) is 0 Å². The van der Waals surface area contributed by atoms with Gasteiger partial charge >= 0.3 is 0 Å². The number of pyridine rings is 2. The van der Waals surface area contributed by atoms with E-state index in [0.29, 0.717) is 0 Å². The summed E-state index contributed by atoms with van der Waals surface area (Å²) in [5, 5.41) is 2.55. The van der Waals surface area contributed by atoms with Gasteiger partial charge in [0, 0.05) is 17.8 Å². The maximum Gasteiger partial charge on any atom is 0.178 e. The Balaban J connectivity index is 2.22. The van der Waals surface area contributed by atoms with Gasteiger partial charge in [-0.05, 0) is 12.1 Å². The smallest absolute Gasteiger partial charge is 0.178 e. The van der Waals surface area contributed by atoms with E-state index in [1.54, 1.807) is 0 Å². The fourth-order valence-corrected chi connectivity index (χ4v) is 2.97. The SMILES string of the molecule is C[n+]1ccc2c(c1)c1c[n+](C)ccc1n2-c1ccccc1. The van der Waals surface area contributed by atoms with Gasteiger partial charge in [0.05, 0.1) is 21.8 Å². The molecule has 0 unspecified atom stereocenters. The van der Waals surface area contributed by atoms with Gasteiger partial charge in [-0.15, -0.1) is 0 Å². The number of nitrogens with zero attached hydrogens (tertiary/aromatic N) is 3. The number of para-hydroxylation sites is 1. The Bertz CT molecular complexity index is 893. The molecule has 0 bridgehead atoms. The highest BCUT2D eigenvalue weighted by Gasteiger charge is 2.16. The summed E-state index contributed by atoms with van der Waals surface area (Å²) >= 11 is 0. The highest BCUT2D eigenvalue weighted by Crippen LogP contribution is 2.29. The molecule has 0 aliphatic carbocycles. The zero-order valence-electron chi connectivity index (χ0n) is 12.2. The normalized spacial score (nSPS) is 11.3. The maximum atomic E-state index is 2.32. The molecule has 4 rings (SSSR count). The van der Waals surface area contributed by atoms with Gasteiger partial charge in [0.1, 0.15) is 14.1 Å². The van der Waals surface area contributed by atoms with Crippen molar-refractivity contribution in [3.05, 3.63) is 67.3 Å². The van der Waals surface area contributed by atoms with Gasteiger partial charge < -0.3 is 4.57 Å². The van der Waals surface area contributed by atoms with E-state index in [1.807, 2.05) is 0 Å². The Hall–Kier alpha value is -2.68. The van der Waals surface area contributed by atoms with Crippen LogP contribution in [-0.4, -0.2) is 4.57 Å². The number of rotatable bonds is 1. The largest absolute Gasteiger partial charge is 0.308 e. The molecular formula is C18H17N3+2. The summed E-state index contributed by atoms with van der Waals surface area (Å²) < 4.78 is 6.53. The number of benzene rings is 1. The molecule has 0 amide bonds. The van der Waals surface area contributed by atoms with Gasteiger partial charge in [-0.1, -0.05) is 18.2 Å². The summed E-state index contributed by atoms with van der Waals surface area (Å²) in [6.07, 6.45) is 8.58. The first-order valence-electron chi connectivity index (χ1n) is 7.08. The maximum absolute atomic E-state index is 2.32. The minimum absolute atomic E-state index is 1.19. The summed E-state index contributed by atoms with van der Waals surface area (Å²) in [7, 11) is 4.13. The third-order valence-electron chi connectivity index (χ3n) is 3.94. The lowest BCUT2D eigenvalue weighted by Gasteiger charge is -2.06. The fraction of sp³-hybridized carbons (Fsp3) is 0.111. The first-order chi connectivity index (χ1) is 10.2. The van der Waals surface area contributed by atoms with Crippen LogP contribution in [0.1, 0.15) is 0 Å². The molecule has 0 atom stereocenters. The minimum atomic E-state index is 1.19. The highest BCUT2D eigenvalue weighted by atomic mass is 15.0. The van der Waals surface area contributed by atoms with Crippen LogP contribution in [0, 0.1) is 0 Å². The van der Waals surface area contributed by atoms with Crippen LogP contribution in [0.3, 0.4) is 0 Å². The Kier molecular flexibility index (Phi) is 2.54. The minimum Gasteiger partial charge on any atom is -0.308 e. The summed E-state index contributed by atoms with van der Waals surface area (Å²) in [5.74, 6) is 0. The van der Waals surface area contributed by atoms with Gasteiger partial charge in [0.25, 0.3) is 0 Å². The molecule has 0 fully saturated rings. The van der Waals surface area contributed by atoms with E-state index in [0.717, 1.165) is 0 Å². The van der Waals surface area contributed by atoms with Crippen LogP contribution >= 0.6 is 0 Å². The molecule has 3 aromatic heterocycles. The lowest BCUT2D eigenvalue weighted by molar-refractivity contribution is -0.671. The van der Waals surface area contributed by atoms with E-state index in [2.05, 4.69) is 95.0 Å². The third-order valence-corrected chi connectivity index (χ3v) is 3.94. The van der Waals surface area contributed by atoms with Crippen molar-refractivity contribution in [2.24, 2.45) is 14.1 Å². The standard InChI is InChI=1S/C18H17N3/c1-19-10-8-17-15(12-19)16-13-20(2)11-9-18(16)21(17)14-6-4-3-5-7-14/h3-13H,1-2H3/q+2. The molecule has 3 heteroatoms. The van der Waals surface area contributed by atoms with E-state index < -0.39 is 0 Å². The van der Waals surface area contributed by atoms with Crippen LogP contribution in [-0.2, 0) is 14.1 Å². The summed E-state index contributed by atoms with van der Waals surface area (Å²) in [6.45, 7) is 0. The van der Waals surface area contributed by atoms with Crippen molar-refractivity contribution >= 4 is 21.8 Å². The lowest BCUT2D eigenvalue weighted by atomic mass is 10.2. The van der Waals surface area contributed by atoms with Crippen molar-refractivity contribution in [1.29, 1.82) is 0 Å². The first-order valence-corrected chi connectivity index (χ1v) is 7.08. The lowest BCUT2D eigenvalue weighted by Crippen LogP contribution is -2.26. The topological polar surface area (TPSA) is 12.7 Å². The molecule has 0 saturated heterocycles. The Labute approximate surface area is 123 Å². The third kappa shape index (κ3) is 1.82. The molecule has 3 nitrogen and oxygen atoms in total. The Morgan fingerprint density at radius 2 is 1.24 bits per heavy atom. The second kappa shape index (κ2) is 4.42. The highest BCUT2D eigenvalue weighted by molar-refractivity contribution is 6.07. The van der Waals surface area contributed by atoms with E-state index in [1.165, 1.54) is 27.5 Å². The van der Waals surface area contributed by atoms with Crippen molar-refractivity contribution in [3.8, 4) is 5.69 Å². The van der Waals surface area contributed by atoms with Gasteiger partial charge in [0.2, 0.25) is 0 Å². The van der Waals surface area contributed by atoms with Gasteiger partial charge in [-0.25, -0.2) is 9.13 Å². The molecule has 0 aliphatic rings. The van der Waals surface area contributed by atoms with E-state index in [4.69, 9.17) is 0 Å². The molecule has 0 spiro atoms. The number of aromatic nitrogens is 3. The van der Waals surface area contributed by atoms with Crippen LogP contribution in [0.15, 0.2) is 67.3 Å². The van der Waals surface area contributed by atoms with Crippen molar-refractivity contribution < 1.29 is 9.13 Å². The number of aryl methyl sites for hydroxylation is 2. The van der Waals surface area contributed by atoms with Crippen LogP contribution < -0.4 is 9.13 Å². The van der Waals surface area contributed by atoms with Crippen molar-refractivity contribution in [3.63, 3.8) is 0 Å². The van der Waals surface area contributed by atoms with Crippen molar-refractivity contribution in [2.45, 2.75) is 0 Å². The number of hydrogen-bond acceptors (Lipinski definition) is 0. The number of hydrogen-bond donors (Lipinski definition) is 0. The predicted molar refractivity (Wildman–Crippen MR) is 83.1 cm³/mol. The monoisotopic (exact) mass is 275 g/mol. The molecule has 102 valence electrons. The summed E-state index contributed by atoms with van der Waals surface area (Å²) in [4.78, 5) is 0. The van der Waals surface area contributed by atoms with Crippen LogP contribution in [0.25, 0.3) is 27.5 Å². The molecule has 4 aromatic rings. The zero-order chi connectivity index (χ0) is 14.4. The van der Waals surface area contributed by atoms with E-state index in [9.17, 15) is 0 Å². The molecule has 3 heterocycles. The van der Waals surface area contributed by atoms with E-state index >= 15 is 0 Å². The summed E-state index contributed by atoms with van der Waals surface area (Å²) in [6, 6.07) is 14.9. The molecule has 0 saturated carbocycles. The number of fused-ring (bicyclic) bond motifs is 3. The average molecular weight is 275 g/mol. The second-order valence-corrected chi connectivity index (χ2v) is 5.49. The molecular weight excluding hydrogens is 258 g/mol. The van der Waals surface area contributed by atoms with Crippen molar-refractivity contribution in [1.82, 2.24) is 4.57 Å². The quantitative estimate of drug-likeness (QED) is 0.473. The van der Waals surface area contributed by atoms with Crippen LogP contribution in [0.5, 0.6) is 0 Å². The van der Waals surface area contributed by atoms with Crippen LogP contribution in [0.4, 0.5) is 0 Å². The molecule has 0 N–H and O–H groups in total. The van der Waals surface area contributed by atoms with Crippen LogP contribution in [0.2, 0.25) is 0 Å². The van der Waals surface area contributed by atoms with Gasteiger partial charge in [-0.3, -0.25) is 0 Å². The fourth-order valence-electron chi connectivity index (χ4n) is 2.97. The summed E-state index contributed by atoms with van der Waals surface area (Å²) in [5.41, 5.74) is 3.67. The first kappa shape index (κ1) is 12.1. The molecule has 0 aliphatic heterocycles. The van der Waals surface area contributed by atoms with Gasteiger partial charge in [0.15, 0.2) is 24.8 Å². The average Bonchev–Trinajstić information content (AvgIpc) is 2.81. The van der Waals surface area contributed by atoms with Gasteiger partial charge in [-0.2, -0.15) is 0 Å². The molecule has 0 radical (unpaired) electrons. The second-order valence-electron chi connectivity index (χ2n) is 5.49. The Morgan fingerprint density at radius 1 is 0.714 bits per heavy atom. The Morgan fingerprint density at radius 3 is 1.76 bits per heavy atom. The zero-order valence-corrected chi connectivity index (χ0v) is 12.2. The molecule has 1 aromatic carbocycles.